The van der Waals surface area contributed by atoms with Gasteiger partial charge in [-0.25, -0.2) is 0 Å². The Balaban J connectivity index is 2.18. The maximum absolute atomic E-state index is 10.7. The fraction of sp³-hybridized carbons (Fsp3) is 0.222. The molecule has 1 amide bonds. The van der Waals surface area contributed by atoms with Gasteiger partial charge in [0.05, 0.1) is 6.04 Å². The summed E-state index contributed by atoms with van der Waals surface area (Å²) in [5.74, 6) is -0.288. The van der Waals surface area contributed by atoms with Gasteiger partial charge in [-0.05, 0) is 5.56 Å². The molecule has 0 radical (unpaired) electrons. The molecule has 1 aliphatic heterocycles. The van der Waals surface area contributed by atoms with E-state index in [-0.39, 0.29) is 11.9 Å². The third-order valence-corrected chi connectivity index (χ3v) is 2.04. The van der Waals surface area contributed by atoms with E-state index in [1.54, 1.807) is 0 Å². The molecule has 1 saturated heterocycles. The van der Waals surface area contributed by atoms with Crippen LogP contribution < -0.4 is 5.32 Å². The number of hydrogen-bond acceptors (Lipinski definition) is 2. The Morgan fingerprint density at radius 3 is 2.42 bits per heavy atom. The minimum atomic E-state index is -0.868. The first-order valence-electron chi connectivity index (χ1n) is 3.82. The van der Waals surface area contributed by atoms with Gasteiger partial charge in [0, 0.05) is 0 Å². The molecule has 1 fully saturated rings. The second kappa shape index (κ2) is 2.60. The van der Waals surface area contributed by atoms with Gasteiger partial charge >= 0.3 is 0 Å². The second-order valence-corrected chi connectivity index (χ2v) is 2.84. The molecule has 1 heterocycles. The van der Waals surface area contributed by atoms with Crippen LogP contribution in [0, 0.1) is 0 Å². The first kappa shape index (κ1) is 7.31. The summed E-state index contributed by atoms with van der Waals surface area (Å²) in [4.78, 5) is 10.7. The summed E-state index contributed by atoms with van der Waals surface area (Å²) in [5.41, 5.74) is 0.949. The smallest absolute Gasteiger partial charge is 0.251 e. The number of aliphatic hydroxyl groups is 1. The van der Waals surface area contributed by atoms with Crippen LogP contribution in [0.1, 0.15) is 11.6 Å². The van der Waals surface area contributed by atoms with Crippen molar-refractivity contribution in [1.82, 2.24) is 5.32 Å². The molecular weight excluding hydrogens is 154 g/mol. The number of β-lactam (4-membered cyclic amide) rings is 1. The van der Waals surface area contributed by atoms with E-state index < -0.39 is 6.10 Å². The standard InChI is InChI=1S/C9H9NO2/c11-8-7(10-9(8)12)6-4-2-1-3-5-6/h1-5,7-8,11H,(H,10,12). The van der Waals surface area contributed by atoms with E-state index in [0.717, 1.165) is 5.56 Å². The Hall–Kier alpha value is -1.35. The Bertz CT molecular complexity index is 297. The molecule has 3 heteroatoms. The lowest BCUT2D eigenvalue weighted by Crippen LogP contribution is -2.55. The molecule has 2 atom stereocenters. The van der Waals surface area contributed by atoms with Gasteiger partial charge < -0.3 is 10.4 Å². The number of carbonyl (C=O) groups is 1. The van der Waals surface area contributed by atoms with Gasteiger partial charge in [0.1, 0.15) is 0 Å². The van der Waals surface area contributed by atoms with Crippen LogP contribution in [-0.4, -0.2) is 17.1 Å². The van der Waals surface area contributed by atoms with Crippen LogP contribution in [0.5, 0.6) is 0 Å². The van der Waals surface area contributed by atoms with Gasteiger partial charge in [-0.2, -0.15) is 0 Å². The molecule has 1 aromatic rings. The number of amides is 1. The van der Waals surface area contributed by atoms with Crippen molar-refractivity contribution in [3.05, 3.63) is 35.9 Å². The highest BCUT2D eigenvalue weighted by Gasteiger charge is 2.38. The van der Waals surface area contributed by atoms with E-state index in [1.807, 2.05) is 30.3 Å². The lowest BCUT2D eigenvalue weighted by atomic mass is 9.94. The number of carbonyl (C=O) groups excluding carboxylic acids is 1. The second-order valence-electron chi connectivity index (χ2n) is 2.84. The molecule has 2 rings (SSSR count). The SMILES string of the molecule is O=C1NC(c2ccccc2)C1O. The van der Waals surface area contributed by atoms with Crippen molar-refractivity contribution < 1.29 is 9.90 Å². The van der Waals surface area contributed by atoms with Crippen LogP contribution in [0.3, 0.4) is 0 Å². The molecule has 3 nitrogen and oxygen atoms in total. The minimum absolute atomic E-state index is 0.210. The van der Waals surface area contributed by atoms with Crippen LogP contribution in [0.15, 0.2) is 30.3 Å². The summed E-state index contributed by atoms with van der Waals surface area (Å²) in [6.45, 7) is 0. The zero-order chi connectivity index (χ0) is 8.55. The van der Waals surface area contributed by atoms with Gasteiger partial charge in [-0.3, -0.25) is 4.79 Å². The minimum Gasteiger partial charge on any atom is -0.381 e. The third kappa shape index (κ3) is 0.987. The molecule has 2 unspecified atom stereocenters. The molecule has 0 aliphatic carbocycles. The lowest BCUT2D eigenvalue weighted by molar-refractivity contribution is -0.142. The molecule has 0 spiro atoms. The van der Waals surface area contributed by atoms with Crippen molar-refractivity contribution in [2.45, 2.75) is 12.1 Å². The van der Waals surface area contributed by atoms with Crippen molar-refractivity contribution in [2.24, 2.45) is 0 Å². The van der Waals surface area contributed by atoms with Gasteiger partial charge in [0.25, 0.3) is 5.91 Å². The van der Waals surface area contributed by atoms with Crippen LogP contribution in [0.2, 0.25) is 0 Å². The summed E-state index contributed by atoms with van der Waals surface area (Å²) in [6.07, 6.45) is -0.868. The number of rotatable bonds is 1. The molecule has 62 valence electrons. The lowest BCUT2D eigenvalue weighted by Gasteiger charge is -2.33. The summed E-state index contributed by atoms with van der Waals surface area (Å²) in [7, 11) is 0. The van der Waals surface area contributed by atoms with Crippen LogP contribution in [0.25, 0.3) is 0 Å². The molecule has 0 bridgehead atoms. The third-order valence-electron chi connectivity index (χ3n) is 2.04. The molecule has 2 N–H and O–H groups in total. The summed E-state index contributed by atoms with van der Waals surface area (Å²) < 4.78 is 0. The van der Waals surface area contributed by atoms with Crippen molar-refractivity contribution in [3.8, 4) is 0 Å². The molecule has 0 saturated carbocycles. The molecule has 1 aliphatic rings. The zero-order valence-electron chi connectivity index (χ0n) is 6.40. The summed E-state index contributed by atoms with van der Waals surface area (Å²) in [5, 5.41) is 11.8. The van der Waals surface area contributed by atoms with E-state index in [9.17, 15) is 9.90 Å². The highest BCUT2D eigenvalue weighted by molar-refractivity contribution is 5.88. The average molecular weight is 163 g/mol. The van der Waals surface area contributed by atoms with E-state index in [1.165, 1.54) is 0 Å². The van der Waals surface area contributed by atoms with Gasteiger partial charge in [0.15, 0.2) is 6.10 Å². The zero-order valence-corrected chi connectivity index (χ0v) is 6.40. The van der Waals surface area contributed by atoms with E-state index in [0.29, 0.717) is 0 Å². The predicted molar refractivity (Wildman–Crippen MR) is 43.3 cm³/mol. The first-order chi connectivity index (χ1) is 5.79. The maximum Gasteiger partial charge on any atom is 0.251 e. The van der Waals surface area contributed by atoms with Crippen LogP contribution >= 0.6 is 0 Å². The normalized spacial score (nSPS) is 27.6. The molecule has 12 heavy (non-hydrogen) atoms. The van der Waals surface area contributed by atoms with Gasteiger partial charge in [0.2, 0.25) is 0 Å². The maximum atomic E-state index is 10.7. The number of aliphatic hydroxyl groups excluding tert-OH is 1. The van der Waals surface area contributed by atoms with Crippen LogP contribution in [-0.2, 0) is 4.79 Å². The highest BCUT2D eigenvalue weighted by Crippen LogP contribution is 2.23. The largest absolute Gasteiger partial charge is 0.381 e. The Morgan fingerprint density at radius 2 is 1.92 bits per heavy atom. The fourth-order valence-electron chi connectivity index (χ4n) is 1.30. The number of nitrogens with one attached hydrogen (secondary N) is 1. The monoisotopic (exact) mass is 163 g/mol. The van der Waals surface area contributed by atoms with E-state index in [4.69, 9.17) is 0 Å². The number of hydrogen-bond donors (Lipinski definition) is 2. The number of benzene rings is 1. The van der Waals surface area contributed by atoms with Crippen molar-refractivity contribution in [2.75, 3.05) is 0 Å². The first-order valence-corrected chi connectivity index (χ1v) is 3.82. The van der Waals surface area contributed by atoms with Crippen molar-refractivity contribution in [1.29, 1.82) is 0 Å². The fourth-order valence-corrected chi connectivity index (χ4v) is 1.30. The molecule has 0 aromatic heterocycles. The summed E-state index contributed by atoms with van der Waals surface area (Å²) in [6, 6.07) is 9.22. The Labute approximate surface area is 70.0 Å². The quantitative estimate of drug-likeness (QED) is 0.582. The summed E-state index contributed by atoms with van der Waals surface area (Å²) >= 11 is 0. The van der Waals surface area contributed by atoms with Crippen LogP contribution in [0.4, 0.5) is 0 Å². The Morgan fingerprint density at radius 1 is 1.25 bits per heavy atom. The topological polar surface area (TPSA) is 49.3 Å². The predicted octanol–water partition coefficient (Wildman–Crippen LogP) is 0.218. The van der Waals surface area contributed by atoms with Gasteiger partial charge in [-0.15, -0.1) is 0 Å². The molecule has 1 aromatic carbocycles. The van der Waals surface area contributed by atoms with E-state index >= 15 is 0 Å². The Kier molecular flexibility index (Phi) is 1.59. The van der Waals surface area contributed by atoms with Crippen molar-refractivity contribution >= 4 is 5.91 Å². The van der Waals surface area contributed by atoms with Crippen molar-refractivity contribution in [3.63, 3.8) is 0 Å². The molecular formula is C9H9NO2. The van der Waals surface area contributed by atoms with E-state index in [2.05, 4.69) is 5.32 Å². The average Bonchev–Trinajstić information content (AvgIpc) is 2.15. The highest BCUT2D eigenvalue weighted by atomic mass is 16.3. The van der Waals surface area contributed by atoms with Gasteiger partial charge in [-0.1, -0.05) is 30.3 Å².